The van der Waals surface area contributed by atoms with E-state index in [0.717, 1.165) is 36.8 Å². The van der Waals surface area contributed by atoms with Gasteiger partial charge in [-0.3, -0.25) is 0 Å². The van der Waals surface area contributed by atoms with E-state index in [-0.39, 0.29) is 0 Å². The minimum absolute atomic E-state index is 0.496. The summed E-state index contributed by atoms with van der Waals surface area (Å²) in [5.74, 6) is 2.30. The number of benzene rings is 1. The van der Waals surface area contributed by atoms with Crippen LogP contribution in [-0.2, 0) is 12.8 Å². The Balaban J connectivity index is 2.23. The molecule has 2 nitrogen and oxygen atoms in total. The topological polar surface area (TPSA) is 21.3 Å². The zero-order chi connectivity index (χ0) is 14.7. The van der Waals surface area contributed by atoms with Crippen LogP contribution in [0.5, 0.6) is 5.75 Å². The van der Waals surface area contributed by atoms with Gasteiger partial charge in [0.2, 0.25) is 0 Å². The lowest BCUT2D eigenvalue weighted by Crippen LogP contribution is -2.37. The van der Waals surface area contributed by atoms with E-state index in [1.165, 1.54) is 11.1 Å². The second-order valence-electron chi connectivity index (χ2n) is 6.11. The molecular weight excluding hydrogens is 270 g/mol. The highest BCUT2D eigenvalue weighted by Crippen LogP contribution is 2.35. The molecule has 2 unspecified atom stereocenters. The molecule has 0 saturated heterocycles. The predicted octanol–water partition coefficient (Wildman–Crippen LogP) is 4.09. The van der Waals surface area contributed by atoms with Gasteiger partial charge >= 0.3 is 0 Å². The summed E-state index contributed by atoms with van der Waals surface area (Å²) < 4.78 is 5.83. The van der Waals surface area contributed by atoms with Crippen molar-refractivity contribution in [2.24, 2.45) is 11.8 Å². The van der Waals surface area contributed by atoms with E-state index in [9.17, 15) is 0 Å². The van der Waals surface area contributed by atoms with Crippen LogP contribution in [0.1, 0.15) is 38.8 Å². The summed E-state index contributed by atoms with van der Waals surface area (Å²) in [6.45, 7) is 10.8. The van der Waals surface area contributed by atoms with Gasteiger partial charge in [0.05, 0.1) is 6.61 Å². The Morgan fingerprint density at radius 2 is 2.05 bits per heavy atom. The zero-order valence-corrected chi connectivity index (χ0v) is 13.8. The first kappa shape index (κ1) is 15.7. The molecule has 2 rings (SSSR count). The van der Waals surface area contributed by atoms with Crippen molar-refractivity contribution in [1.29, 1.82) is 0 Å². The third-order valence-electron chi connectivity index (χ3n) is 4.31. The van der Waals surface area contributed by atoms with Gasteiger partial charge in [-0.05, 0) is 55.0 Å². The lowest BCUT2D eigenvalue weighted by Gasteiger charge is -2.29. The largest absolute Gasteiger partial charge is 0.493 e. The maximum Gasteiger partial charge on any atom is 0.125 e. The number of fused-ring (bicyclic) bond motifs is 1. The third kappa shape index (κ3) is 3.48. The number of rotatable bonds is 6. The monoisotopic (exact) mass is 295 g/mol. The van der Waals surface area contributed by atoms with Crippen molar-refractivity contribution in [3.63, 3.8) is 0 Å². The number of hydrogen-bond acceptors (Lipinski definition) is 2. The minimum atomic E-state index is 0.496. The molecule has 1 N–H and O–H groups in total. The van der Waals surface area contributed by atoms with Crippen LogP contribution in [0.15, 0.2) is 12.1 Å². The van der Waals surface area contributed by atoms with Gasteiger partial charge in [0, 0.05) is 17.5 Å². The highest BCUT2D eigenvalue weighted by atomic mass is 35.5. The summed E-state index contributed by atoms with van der Waals surface area (Å²) in [6, 6.07) is 4.63. The van der Waals surface area contributed by atoms with Crippen molar-refractivity contribution in [3.8, 4) is 5.75 Å². The Labute approximate surface area is 127 Å². The van der Waals surface area contributed by atoms with Crippen molar-refractivity contribution in [2.45, 2.75) is 46.6 Å². The fourth-order valence-electron chi connectivity index (χ4n) is 3.21. The van der Waals surface area contributed by atoms with Gasteiger partial charge in [-0.1, -0.05) is 32.4 Å². The van der Waals surface area contributed by atoms with E-state index in [2.05, 4.69) is 39.1 Å². The van der Waals surface area contributed by atoms with E-state index >= 15 is 0 Å². The standard InChI is InChI=1S/C17H26ClNO/c1-5-19-12(4)16(11(2)3)10-14-9-15(18)8-13-6-7-20-17(13)14/h8-9,11-12,16,19H,5-7,10H2,1-4H3. The Morgan fingerprint density at radius 3 is 2.70 bits per heavy atom. The molecule has 1 heterocycles. The van der Waals surface area contributed by atoms with Crippen LogP contribution in [-0.4, -0.2) is 19.2 Å². The van der Waals surface area contributed by atoms with Crippen LogP contribution < -0.4 is 10.1 Å². The summed E-state index contributed by atoms with van der Waals surface area (Å²) in [6.07, 6.45) is 2.01. The van der Waals surface area contributed by atoms with Crippen molar-refractivity contribution >= 4 is 11.6 Å². The third-order valence-corrected chi connectivity index (χ3v) is 4.52. The van der Waals surface area contributed by atoms with Crippen LogP contribution in [0.4, 0.5) is 0 Å². The molecule has 0 spiro atoms. The van der Waals surface area contributed by atoms with Gasteiger partial charge in [-0.25, -0.2) is 0 Å². The van der Waals surface area contributed by atoms with E-state index in [1.54, 1.807) is 0 Å². The van der Waals surface area contributed by atoms with Crippen molar-refractivity contribution in [1.82, 2.24) is 5.32 Å². The number of hydrogen-bond donors (Lipinski definition) is 1. The number of nitrogens with one attached hydrogen (secondary N) is 1. The van der Waals surface area contributed by atoms with E-state index in [4.69, 9.17) is 16.3 Å². The quantitative estimate of drug-likeness (QED) is 0.853. The maximum atomic E-state index is 6.26. The van der Waals surface area contributed by atoms with Crippen LogP contribution in [0.25, 0.3) is 0 Å². The minimum Gasteiger partial charge on any atom is -0.493 e. The first-order valence-electron chi connectivity index (χ1n) is 7.70. The van der Waals surface area contributed by atoms with Crippen LogP contribution in [0.3, 0.4) is 0 Å². The summed E-state index contributed by atoms with van der Waals surface area (Å²) in [5, 5.41) is 4.39. The maximum absolute atomic E-state index is 6.26. The Bertz CT molecular complexity index is 459. The van der Waals surface area contributed by atoms with Crippen molar-refractivity contribution in [2.75, 3.05) is 13.2 Å². The van der Waals surface area contributed by atoms with Gasteiger partial charge in [-0.15, -0.1) is 0 Å². The molecule has 0 saturated carbocycles. The summed E-state index contributed by atoms with van der Waals surface area (Å²) in [4.78, 5) is 0. The fourth-order valence-corrected chi connectivity index (χ4v) is 3.48. The van der Waals surface area contributed by atoms with Gasteiger partial charge in [0.1, 0.15) is 5.75 Å². The lowest BCUT2D eigenvalue weighted by atomic mass is 9.83. The summed E-state index contributed by atoms with van der Waals surface area (Å²) >= 11 is 6.26. The van der Waals surface area contributed by atoms with Gasteiger partial charge in [0.25, 0.3) is 0 Å². The molecule has 0 fully saturated rings. The van der Waals surface area contributed by atoms with Crippen molar-refractivity contribution in [3.05, 3.63) is 28.3 Å². The molecule has 0 bridgehead atoms. The highest BCUT2D eigenvalue weighted by molar-refractivity contribution is 6.30. The Morgan fingerprint density at radius 1 is 1.30 bits per heavy atom. The molecule has 2 atom stereocenters. The average Bonchev–Trinajstić information content (AvgIpc) is 2.83. The Hall–Kier alpha value is -0.730. The molecule has 0 aliphatic carbocycles. The SMILES string of the molecule is CCNC(C)C(Cc1cc(Cl)cc2c1OCC2)C(C)C. The number of ether oxygens (including phenoxy) is 1. The molecule has 0 radical (unpaired) electrons. The molecule has 1 aliphatic rings. The summed E-state index contributed by atoms with van der Waals surface area (Å²) in [7, 11) is 0. The molecule has 112 valence electrons. The highest BCUT2D eigenvalue weighted by Gasteiger charge is 2.25. The molecule has 20 heavy (non-hydrogen) atoms. The lowest BCUT2D eigenvalue weighted by molar-refractivity contribution is 0.286. The van der Waals surface area contributed by atoms with Crippen molar-refractivity contribution < 1.29 is 4.74 Å². The van der Waals surface area contributed by atoms with Crippen LogP contribution in [0, 0.1) is 11.8 Å². The van der Waals surface area contributed by atoms with E-state index in [0.29, 0.717) is 17.9 Å². The molecule has 1 aromatic rings. The molecule has 0 amide bonds. The average molecular weight is 296 g/mol. The Kier molecular flexibility index (Phi) is 5.34. The fraction of sp³-hybridized carbons (Fsp3) is 0.647. The van der Waals surface area contributed by atoms with Gasteiger partial charge in [-0.2, -0.15) is 0 Å². The second-order valence-corrected chi connectivity index (χ2v) is 6.55. The molecule has 1 aliphatic heterocycles. The normalized spacial score (nSPS) is 16.9. The molecule has 3 heteroatoms. The molecule has 0 aromatic heterocycles. The number of halogens is 1. The van der Waals surface area contributed by atoms with Gasteiger partial charge in [0.15, 0.2) is 0 Å². The van der Waals surface area contributed by atoms with E-state index in [1.807, 2.05) is 6.07 Å². The molecule has 1 aromatic carbocycles. The second kappa shape index (κ2) is 6.82. The summed E-state index contributed by atoms with van der Waals surface area (Å²) in [5.41, 5.74) is 2.54. The van der Waals surface area contributed by atoms with Gasteiger partial charge < -0.3 is 10.1 Å². The van der Waals surface area contributed by atoms with Crippen LogP contribution >= 0.6 is 11.6 Å². The first-order chi connectivity index (χ1) is 9.52. The zero-order valence-electron chi connectivity index (χ0n) is 13.0. The predicted molar refractivity (Wildman–Crippen MR) is 85.8 cm³/mol. The molecular formula is C17H26ClNO. The van der Waals surface area contributed by atoms with E-state index < -0.39 is 0 Å². The van der Waals surface area contributed by atoms with Crippen LogP contribution in [0.2, 0.25) is 5.02 Å². The smallest absolute Gasteiger partial charge is 0.125 e. The first-order valence-corrected chi connectivity index (χ1v) is 8.08.